The summed E-state index contributed by atoms with van der Waals surface area (Å²) in [6.45, 7) is 1.98. The van der Waals surface area contributed by atoms with Crippen molar-refractivity contribution in [2.24, 2.45) is 0 Å². The summed E-state index contributed by atoms with van der Waals surface area (Å²) in [6.07, 6.45) is 0. The molecule has 0 saturated carbocycles. The highest BCUT2D eigenvalue weighted by atomic mass is 16.5. The van der Waals surface area contributed by atoms with Crippen LogP contribution in [0.3, 0.4) is 0 Å². The van der Waals surface area contributed by atoms with Gasteiger partial charge >= 0.3 is 5.63 Å². The average Bonchev–Trinajstić information content (AvgIpc) is 3.19. The standard InChI is InChI=1S/C27H21N3O3/c1-16-22-23(17-12-14-19(32-2)15-13-17)24-25(20-10-6-7-11-21(20)33-27(24)31)28-26(22)30(29-16)18-8-4-3-5-9-18/h3-15,23,28H,1-2H3/t23-/m1/s1. The lowest BCUT2D eigenvalue weighted by Crippen LogP contribution is -2.23. The molecule has 1 aliphatic heterocycles. The number of rotatable bonds is 3. The third-order valence-corrected chi connectivity index (χ3v) is 6.23. The van der Waals surface area contributed by atoms with E-state index < -0.39 is 0 Å². The van der Waals surface area contributed by atoms with E-state index in [4.69, 9.17) is 14.3 Å². The number of hydrogen-bond acceptors (Lipinski definition) is 5. The first-order valence-corrected chi connectivity index (χ1v) is 10.8. The number of fused-ring (bicyclic) bond motifs is 4. The van der Waals surface area contributed by atoms with Crippen LogP contribution >= 0.6 is 0 Å². The second-order valence-electron chi connectivity index (χ2n) is 8.10. The molecule has 5 aromatic rings. The zero-order valence-corrected chi connectivity index (χ0v) is 18.2. The van der Waals surface area contributed by atoms with Gasteiger partial charge in [0.05, 0.1) is 29.7 Å². The number of methoxy groups -OCH3 is 1. The predicted octanol–water partition coefficient (Wildman–Crippen LogP) is 5.53. The molecule has 0 aliphatic carbocycles. The van der Waals surface area contributed by atoms with Crippen molar-refractivity contribution < 1.29 is 9.15 Å². The Morgan fingerprint density at radius 1 is 0.939 bits per heavy atom. The van der Waals surface area contributed by atoms with Gasteiger partial charge in [-0.15, -0.1) is 0 Å². The number of anilines is 2. The number of para-hydroxylation sites is 2. The average molecular weight is 435 g/mol. The second kappa shape index (κ2) is 7.38. The van der Waals surface area contributed by atoms with Gasteiger partial charge in [-0.1, -0.05) is 42.5 Å². The minimum Gasteiger partial charge on any atom is -0.497 e. The number of aromatic nitrogens is 2. The third kappa shape index (κ3) is 2.95. The van der Waals surface area contributed by atoms with Crippen LogP contribution < -0.4 is 15.7 Å². The molecule has 3 aromatic carbocycles. The van der Waals surface area contributed by atoms with Crippen LogP contribution in [0, 0.1) is 6.92 Å². The Morgan fingerprint density at radius 3 is 2.42 bits per heavy atom. The molecule has 6 rings (SSSR count). The monoisotopic (exact) mass is 435 g/mol. The van der Waals surface area contributed by atoms with Crippen LogP contribution in [0.2, 0.25) is 0 Å². The van der Waals surface area contributed by atoms with Crippen LogP contribution in [0.1, 0.15) is 28.3 Å². The van der Waals surface area contributed by atoms with Crippen molar-refractivity contribution >= 4 is 22.5 Å². The fraction of sp³-hybridized carbons (Fsp3) is 0.111. The zero-order valence-electron chi connectivity index (χ0n) is 18.2. The highest BCUT2D eigenvalue weighted by Gasteiger charge is 2.36. The highest BCUT2D eigenvalue weighted by Crippen LogP contribution is 2.47. The maximum Gasteiger partial charge on any atom is 0.342 e. The van der Waals surface area contributed by atoms with Crippen molar-refractivity contribution in [3.05, 3.63) is 112 Å². The third-order valence-electron chi connectivity index (χ3n) is 6.23. The molecule has 6 nitrogen and oxygen atoms in total. The van der Waals surface area contributed by atoms with Crippen molar-refractivity contribution in [2.75, 3.05) is 12.4 Å². The van der Waals surface area contributed by atoms with Crippen molar-refractivity contribution in [3.8, 4) is 11.4 Å². The summed E-state index contributed by atoms with van der Waals surface area (Å²) >= 11 is 0. The molecule has 1 atom stereocenters. The smallest absolute Gasteiger partial charge is 0.342 e. The number of benzene rings is 3. The van der Waals surface area contributed by atoms with Gasteiger partial charge in [-0.2, -0.15) is 5.10 Å². The number of ether oxygens (including phenoxy) is 1. The lowest BCUT2D eigenvalue weighted by atomic mass is 9.82. The van der Waals surface area contributed by atoms with Gasteiger partial charge in [-0.3, -0.25) is 0 Å². The highest BCUT2D eigenvalue weighted by molar-refractivity contribution is 5.96. The van der Waals surface area contributed by atoms with Crippen molar-refractivity contribution in [1.29, 1.82) is 0 Å². The van der Waals surface area contributed by atoms with Crippen LogP contribution in [0.4, 0.5) is 11.5 Å². The van der Waals surface area contributed by atoms with E-state index in [2.05, 4.69) is 5.32 Å². The maximum absolute atomic E-state index is 13.3. The normalized spacial score (nSPS) is 14.4. The summed E-state index contributed by atoms with van der Waals surface area (Å²) in [6, 6.07) is 25.4. The lowest BCUT2D eigenvalue weighted by molar-refractivity contribution is 0.414. The Morgan fingerprint density at radius 2 is 1.67 bits per heavy atom. The molecule has 33 heavy (non-hydrogen) atoms. The maximum atomic E-state index is 13.3. The molecule has 1 aliphatic rings. The largest absolute Gasteiger partial charge is 0.497 e. The van der Waals surface area contributed by atoms with E-state index >= 15 is 0 Å². The van der Waals surface area contributed by atoms with Crippen LogP contribution in [-0.2, 0) is 0 Å². The van der Waals surface area contributed by atoms with E-state index in [1.54, 1.807) is 7.11 Å². The fourth-order valence-corrected chi connectivity index (χ4v) is 4.71. The fourth-order valence-electron chi connectivity index (χ4n) is 4.71. The van der Waals surface area contributed by atoms with E-state index in [0.717, 1.165) is 45.1 Å². The first-order valence-electron chi connectivity index (χ1n) is 10.8. The van der Waals surface area contributed by atoms with E-state index in [-0.39, 0.29) is 11.5 Å². The minimum atomic E-state index is -0.352. The Balaban J connectivity index is 1.68. The SMILES string of the molecule is COc1ccc([C@@H]2c3c(C)nn(-c4ccccc4)c3Nc3c2c(=O)oc2ccccc32)cc1. The first kappa shape index (κ1) is 19.4. The summed E-state index contributed by atoms with van der Waals surface area (Å²) in [7, 11) is 1.64. The first-order chi connectivity index (χ1) is 16.2. The van der Waals surface area contributed by atoms with Gasteiger partial charge in [0, 0.05) is 16.9 Å². The van der Waals surface area contributed by atoms with Crippen molar-refractivity contribution in [3.63, 3.8) is 0 Å². The molecule has 162 valence electrons. The summed E-state index contributed by atoms with van der Waals surface area (Å²) < 4.78 is 13.0. The zero-order chi connectivity index (χ0) is 22.5. The van der Waals surface area contributed by atoms with Gasteiger partial charge in [0.1, 0.15) is 17.2 Å². The number of hydrogen-bond donors (Lipinski definition) is 1. The predicted molar refractivity (Wildman–Crippen MR) is 128 cm³/mol. The number of aryl methyl sites for hydroxylation is 1. The number of nitrogens with zero attached hydrogens (tertiary/aromatic N) is 2. The van der Waals surface area contributed by atoms with Gasteiger partial charge in [-0.25, -0.2) is 9.48 Å². The van der Waals surface area contributed by atoms with E-state index in [1.807, 2.05) is 90.5 Å². The molecular weight excluding hydrogens is 414 g/mol. The Kier molecular flexibility index (Phi) is 4.33. The van der Waals surface area contributed by atoms with Gasteiger partial charge in [0.25, 0.3) is 0 Å². The van der Waals surface area contributed by atoms with Crippen molar-refractivity contribution in [1.82, 2.24) is 9.78 Å². The Labute approximate surface area is 190 Å². The molecule has 6 heteroatoms. The van der Waals surface area contributed by atoms with Gasteiger partial charge in [-0.05, 0) is 48.9 Å². The Hall–Kier alpha value is -4.32. The van der Waals surface area contributed by atoms with Gasteiger partial charge in [0.2, 0.25) is 0 Å². The molecule has 0 spiro atoms. The minimum absolute atomic E-state index is 0.333. The molecule has 0 fully saturated rings. The summed E-state index contributed by atoms with van der Waals surface area (Å²) in [5.74, 6) is 1.28. The van der Waals surface area contributed by atoms with Gasteiger partial charge in [0.15, 0.2) is 0 Å². The van der Waals surface area contributed by atoms with Crippen molar-refractivity contribution in [2.45, 2.75) is 12.8 Å². The van der Waals surface area contributed by atoms with Crippen LogP contribution in [0.25, 0.3) is 16.7 Å². The quantitative estimate of drug-likeness (QED) is 0.370. The van der Waals surface area contributed by atoms with Gasteiger partial charge < -0.3 is 14.5 Å². The van der Waals surface area contributed by atoms with E-state index in [1.165, 1.54) is 0 Å². The lowest BCUT2D eigenvalue weighted by Gasteiger charge is -2.28. The molecular formula is C27H21N3O3. The van der Waals surface area contributed by atoms with E-state index in [9.17, 15) is 4.79 Å². The molecule has 0 radical (unpaired) electrons. The second-order valence-corrected chi connectivity index (χ2v) is 8.10. The summed E-state index contributed by atoms with van der Waals surface area (Å²) in [5.41, 5.74) is 5.26. The van der Waals surface area contributed by atoms with Crippen LogP contribution in [0.15, 0.2) is 88.1 Å². The summed E-state index contributed by atoms with van der Waals surface area (Å²) in [4.78, 5) is 13.3. The topological polar surface area (TPSA) is 69.3 Å². The van der Waals surface area contributed by atoms with Crippen LogP contribution in [-0.4, -0.2) is 16.9 Å². The molecule has 0 bridgehead atoms. The Bertz CT molecular complexity index is 1550. The molecule has 2 aromatic heterocycles. The molecule has 1 N–H and O–H groups in total. The number of nitrogens with one attached hydrogen (secondary N) is 1. The van der Waals surface area contributed by atoms with E-state index in [0.29, 0.717) is 11.1 Å². The van der Waals surface area contributed by atoms with Crippen LogP contribution in [0.5, 0.6) is 5.75 Å². The molecule has 0 amide bonds. The molecule has 0 unspecified atom stereocenters. The molecule has 0 saturated heterocycles. The summed E-state index contributed by atoms with van der Waals surface area (Å²) in [5, 5.41) is 9.27. The molecule has 3 heterocycles.